The van der Waals surface area contributed by atoms with Gasteiger partial charge < -0.3 is 14.2 Å². The topological polar surface area (TPSA) is 40.6 Å². The van der Waals surface area contributed by atoms with Gasteiger partial charge in [0.25, 0.3) is 0 Å². The zero-order chi connectivity index (χ0) is 15.7. The third-order valence-corrected chi connectivity index (χ3v) is 3.91. The van der Waals surface area contributed by atoms with Gasteiger partial charge in [-0.15, -0.1) is 0 Å². The molecule has 4 heteroatoms. The van der Waals surface area contributed by atoms with Crippen molar-refractivity contribution in [3.8, 4) is 17.2 Å². The largest absolute Gasteiger partial charge is 0.497 e. The molecular formula is C18H19NO3. The summed E-state index contributed by atoms with van der Waals surface area (Å²) in [5.74, 6) is 2.32. The summed E-state index contributed by atoms with van der Waals surface area (Å²) in [6, 6.07) is 9.87. The number of rotatable bonds is 4. The fourth-order valence-corrected chi connectivity index (χ4v) is 2.85. The number of ether oxygens (including phenoxy) is 3. The van der Waals surface area contributed by atoms with E-state index in [1.807, 2.05) is 30.3 Å². The van der Waals surface area contributed by atoms with E-state index in [1.165, 1.54) is 0 Å². The van der Waals surface area contributed by atoms with Gasteiger partial charge in [-0.25, -0.2) is 4.98 Å². The Hall–Kier alpha value is -2.49. The van der Waals surface area contributed by atoms with Crippen LogP contribution in [-0.2, 0) is 6.42 Å². The Balaban J connectivity index is 2.54. The molecule has 0 saturated carbocycles. The second kappa shape index (κ2) is 5.72. The first-order valence-electron chi connectivity index (χ1n) is 7.24. The van der Waals surface area contributed by atoms with Crippen LogP contribution in [0.5, 0.6) is 17.2 Å². The van der Waals surface area contributed by atoms with Crippen molar-refractivity contribution in [2.45, 2.75) is 13.3 Å². The Labute approximate surface area is 129 Å². The number of pyridine rings is 1. The average Bonchev–Trinajstić information content (AvgIpc) is 2.59. The van der Waals surface area contributed by atoms with E-state index in [4.69, 9.17) is 19.2 Å². The first-order valence-corrected chi connectivity index (χ1v) is 7.24. The number of para-hydroxylation sites is 1. The van der Waals surface area contributed by atoms with Gasteiger partial charge in [0, 0.05) is 22.2 Å². The lowest BCUT2D eigenvalue weighted by Crippen LogP contribution is -1.98. The summed E-state index contributed by atoms with van der Waals surface area (Å²) >= 11 is 0. The zero-order valence-corrected chi connectivity index (χ0v) is 13.3. The summed E-state index contributed by atoms with van der Waals surface area (Å²) in [6.45, 7) is 2.09. The first kappa shape index (κ1) is 14.4. The van der Waals surface area contributed by atoms with Crippen LogP contribution in [0.1, 0.15) is 12.6 Å². The molecule has 0 saturated heterocycles. The Bertz CT molecular complexity index is 843. The number of aryl methyl sites for hydroxylation is 1. The number of hydrogen-bond acceptors (Lipinski definition) is 4. The van der Waals surface area contributed by atoms with E-state index in [9.17, 15) is 0 Å². The molecule has 0 atom stereocenters. The summed E-state index contributed by atoms with van der Waals surface area (Å²) in [5.41, 5.74) is 1.86. The lowest BCUT2D eigenvalue weighted by molar-refractivity contribution is 0.397. The molecule has 1 aromatic heterocycles. The summed E-state index contributed by atoms with van der Waals surface area (Å²) in [5, 5.41) is 3.13. The van der Waals surface area contributed by atoms with Gasteiger partial charge >= 0.3 is 0 Å². The smallest absolute Gasteiger partial charge is 0.145 e. The number of benzene rings is 2. The zero-order valence-electron chi connectivity index (χ0n) is 13.3. The molecular weight excluding hydrogens is 278 g/mol. The van der Waals surface area contributed by atoms with Gasteiger partial charge in [-0.05, 0) is 18.6 Å². The van der Waals surface area contributed by atoms with Crippen molar-refractivity contribution in [2.75, 3.05) is 21.3 Å². The van der Waals surface area contributed by atoms with Crippen molar-refractivity contribution >= 4 is 21.7 Å². The summed E-state index contributed by atoms with van der Waals surface area (Å²) in [4.78, 5) is 4.81. The van der Waals surface area contributed by atoms with E-state index < -0.39 is 0 Å². The summed E-state index contributed by atoms with van der Waals surface area (Å²) in [7, 11) is 4.99. The molecule has 0 aliphatic heterocycles. The molecule has 0 aliphatic carbocycles. The molecule has 0 amide bonds. The van der Waals surface area contributed by atoms with Crippen molar-refractivity contribution < 1.29 is 14.2 Å². The van der Waals surface area contributed by atoms with Crippen LogP contribution in [-0.4, -0.2) is 26.3 Å². The SMILES string of the molecule is CCc1nc2c(OC)cccc2c2cc(OC)cc(OC)c12. The molecule has 0 radical (unpaired) electrons. The molecule has 4 nitrogen and oxygen atoms in total. The van der Waals surface area contributed by atoms with Crippen LogP contribution in [0.2, 0.25) is 0 Å². The molecule has 3 rings (SSSR count). The summed E-state index contributed by atoms with van der Waals surface area (Å²) in [6.07, 6.45) is 0.813. The van der Waals surface area contributed by atoms with E-state index in [-0.39, 0.29) is 0 Å². The predicted molar refractivity (Wildman–Crippen MR) is 88.3 cm³/mol. The van der Waals surface area contributed by atoms with Crippen LogP contribution in [0.15, 0.2) is 30.3 Å². The van der Waals surface area contributed by atoms with Gasteiger partial charge in [0.05, 0.1) is 27.0 Å². The predicted octanol–water partition coefficient (Wildman–Crippen LogP) is 3.98. The molecule has 0 spiro atoms. The average molecular weight is 297 g/mol. The third kappa shape index (κ3) is 2.11. The quantitative estimate of drug-likeness (QED) is 0.683. The lowest BCUT2D eigenvalue weighted by atomic mass is 10.0. The van der Waals surface area contributed by atoms with Crippen molar-refractivity contribution in [3.05, 3.63) is 36.0 Å². The normalized spacial score (nSPS) is 10.9. The van der Waals surface area contributed by atoms with E-state index in [2.05, 4.69) is 6.92 Å². The minimum atomic E-state index is 0.765. The van der Waals surface area contributed by atoms with E-state index in [1.54, 1.807) is 21.3 Å². The molecule has 22 heavy (non-hydrogen) atoms. The Morgan fingerprint density at radius 3 is 2.32 bits per heavy atom. The van der Waals surface area contributed by atoms with Crippen molar-refractivity contribution in [3.63, 3.8) is 0 Å². The van der Waals surface area contributed by atoms with Gasteiger partial charge in [0.15, 0.2) is 0 Å². The van der Waals surface area contributed by atoms with Gasteiger partial charge in [-0.3, -0.25) is 0 Å². The van der Waals surface area contributed by atoms with Crippen LogP contribution >= 0.6 is 0 Å². The molecule has 0 fully saturated rings. The van der Waals surface area contributed by atoms with Gasteiger partial charge in [0.1, 0.15) is 22.8 Å². The third-order valence-electron chi connectivity index (χ3n) is 3.91. The maximum atomic E-state index is 5.57. The molecule has 0 unspecified atom stereocenters. The van der Waals surface area contributed by atoms with Crippen LogP contribution in [0.25, 0.3) is 21.7 Å². The highest BCUT2D eigenvalue weighted by molar-refractivity contribution is 6.11. The minimum Gasteiger partial charge on any atom is -0.497 e. The van der Waals surface area contributed by atoms with Gasteiger partial charge in [-0.2, -0.15) is 0 Å². The second-order valence-corrected chi connectivity index (χ2v) is 5.02. The maximum absolute atomic E-state index is 5.57. The monoisotopic (exact) mass is 297 g/mol. The summed E-state index contributed by atoms with van der Waals surface area (Å²) < 4.78 is 16.4. The number of aromatic nitrogens is 1. The molecule has 3 aromatic rings. The highest BCUT2D eigenvalue weighted by atomic mass is 16.5. The minimum absolute atomic E-state index is 0.765. The first-order chi connectivity index (χ1) is 10.7. The Kier molecular flexibility index (Phi) is 3.75. The highest BCUT2D eigenvalue weighted by Gasteiger charge is 2.15. The Morgan fingerprint density at radius 2 is 1.68 bits per heavy atom. The fraction of sp³-hybridized carbons (Fsp3) is 0.278. The van der Waals surface area contributed by atoms with Gasteiger partial charge in [-0.1, -0.05) is 19.1 Å². The van der Waals surface area contributed by atoms with E-state index in [0.717, 1.165) is 51.0 Å². The fourth-order valence-electron chi connectivity index (χ4n) is 2.85. The Morgan fingerprint density at radius 1 is 0.909 bits per heavy atom. The molecule has 1 heterocycles. The standard InChI is InChI=1S/C18H19NO3/c1-5-14-17-13(9-11(20-2)10-16(17)22-4)12-7-6-8-15(21-3)18(12)19-14/h6-10H,5H2,1-4H3. The lowest BCUT2D eigenvalue weighted by Gasteiger charge is -2.15. The second-order valence-electron chi connectivity index (χ2n) is 5.02. The van der Waals surface area contributed by atoms with Crippen molar-refractivity contribution in [2.24, 2.45) is 0 Å². The number of hydrogen-bond donors (Lipinski definition) is 0. The van der Waals surface area contributed by atoms with Gasteiger partial charge in [0.2, 0.25) is 0 Å². The molecule has 0 N–H and O–H groups in total. The molecule has 0 bridgehead atoms. The molecule has 0 aliphatic rings. The van der Waals surface area contributed by atoms with Crippen LogP contribution < -0.4 is 14.2 Å². The number of nitrogens with zero attached hydrogens (tertiary/aromatic N) is 1. The van der Waals surface area contributed by atoms with E-state index in [0.29, 0.717) is 0 Å². The highest BCUT2D eigenvalue weighted by Crippen LogP contribution is 2.39. The molecule has 2 aromatic carbocycles. The molecule has 114 valence electrons. The van der Waals surface area contributed by atoms with Crippen LogP contribution in [0.3, 0.4) is 0 Å². The maximum Gasteiger partial charge on any atom is 0.145 e. The van der Waals surface area contributed by atoms with Crippen molar-refractivity contribution in [1.82, 2.24) is 4.98 Å². The van der Waals surface area contributed by atoms with Crippen molar-refractivity contribution in [1.29, 1.82) is 0 Å². The number of methoxy groups -OCH3 is 3. The van der Waals surface area contributed by atoms with Crippen LogP contribution in [0.4, 0.5) is 0 Å². The number of fused-ring (bicyclic) bond motifs is 3. The van der Waals surface area contributed by atoms with E-state index >= 15 is 0 Å². The van der Waals surface area contributed by atoms with Crippen LogP contribution in [0, 0.1) is 0 Å².